The summed E-state index contributed by atoms with van der Waals surface area (Å²) in [6, 6.07) is 3.98. The minimum Gasteiger partial charge on any atom is -0.450 e. The molecule has 0 bridgehead atoms. The van der Waals surface area contributed by atoms with Crippen molar-refractivity contribution in [3.63, 3.8) is 0 Å². The molecule has 1 aromatic heterocycles. The van der Waals surface area contributed by atoms with Crippen molar-refractivity contribution in [2.45, 2.75) is 33.2 Å². The first kappa shape index (κ1) is 23.6. The molecule has 3 N–H and O–H groups in total. The number of hydrogen-bond acceptors (Lipinski definition) is 6. The van der Waals surface area contributed by atoms with Gasteiger partial charge >= 0.3 is 6.09 Å². The molecule has 2 aliphatic heterocycles. The zero-order valence-electron chi connectivity index (χ0n) is 19.1. The van der Waals surface area contributed by atoms with Gasteiger partial charge in [0.25, 0.3) is 0 Å². The fraction of sp³-hybridized carbons (Fsp3) is 0.636. The average Bonchev–Trinajstić information content (AvgIpc) is 2.82. The number of ether oxygens (including phenoxy) is 1. The number of anilines is 1. The number of nitrogens with zero attached hydrogens (tertiary/aromatic N) is 5. The van der Waals surface area contributed by atoms with Crippen LogP contribution in [0.15, 0.2) is 23.3 Å². The zero-order chi connectivity index (χ0) is 22.9. The maximum atomic E-state index is 12.0. The van der Waals surface area contributed by atoms with Crippen LogP contribution in [0, 0.1) is 5.92 Å². The van der Waals surface area contributed by atoms with Crippen molar-refractivity contribution in [3.8, 4) is 0 Å². The number of piperidine rings is 1. The Bertz CT molecular complexity index is 800. The van der Waals surface area contributed by atoms with E-state index in [1.54, 1.807) is 11.1 Å². The number of guanidine groups is 1. The van der Waals surface area contributed by atoms with Gasteiger partial charge in [0.05, 0.1) is 13.2 Å². The van der Waals surface area contributed by atoms with Crippen molar-refractivity contribution in [1.29, 1.82) is 0 Å². The molecule has 0 aliphatic carbocycles. The lowest BCUT2D eigenvalue weighted by Gasteiger charge is -2.36. The molecule has 0 spiro atoms. The van der Waals surface area contributed by atoms with Crippen LogP contribution in [-0.2, 0) is 16.1 Å². The highest BCUT2D eigenvalue weighted by Crippen LogP contribution is 2.25. The zero-order valence-corrected chi connectivity index (χ0v) is 19.1. The Kier molecular flexibility index (Phi) is 8.52. The van der Waals surface area contributed by atoms with E-state index in [2.05, 4.69) is 20.1 Å². The summed E-state index contributed by atoms with van der Waals surface area (Å²) in [6.07, 6.45) is 3.04. The molecule has 2 aliphatic rings. The highest BCUT2D eigenvalue weighted by molar-refractivity contribution is 5.80. The summed E-state index contributed by atoms with van der Waals surface area (Å²) < 4.78 is 5.11. The number of rotatable bonds is 6. The molecule has 10 heteroatoms. The second kappa shape index (κ2) is 11.5. The summed E-state index contributed by atoms with van der Waals surface area (Å²) in [6.45, 7) is 9.64. The standard InChI is InChI=1S/C22H35N7O3/c1-3-24-21(28-12-14-29(15-13-28)22(31)32-4-2)26-16-18-6-5-9-25-20(18)27-10-7-17(8-11-27)19(23)30/h5-6,9,17H,3-4,7-8,10-16H2,1-2H3,(H2,23,30)(H,24,26). The Labute approximate surface area is 189 Å². The number of aliphatic imine (C=N–C) groups is 1. The minimum absolute atomic E-state index is 0.0509. The number of nitrogens with one attached hydrogen (secondary N) is 1. The fourth-order valence-corrected chi connectivity index (χ4v) is 4.12. The molecule has 3 heterocycles. The van der Waals surface area contributed by atoms with E-state index in [1.165, 1.54) is 0 Å². The topological polar surface area (TPSA) is 116 Å². The first-order chi connectivity index (χ1) is 15.5. The molecule has 2 amide bonds. The van der Waals surface area contributed by atoms with Gasteiger partial charge in [0.15, 0.2) is 5.96 Å². The number of nitrogens with two attached hydrogens (primary N) is 1. The lowest BCUT2D eigenvalue weighted by atomic mass is 9.96. The molecule has 0 radical (unpaired) electrons. The van der Waals surface area contributed by atoms with E-state index in [-0.39, 0.29) is 17.9 Å². The third-order valence-corrected chi connectivity index (χ3v) is 5.90. The van der Waals surface area contributed by atoms with Gasteiger partial charge in [0, 0.05) is 63.5 Å². The maximum absolute atomic E-state index is 12.0. The maximum Gasteiger partial charge on any atom is 0.409 e. The molecule has 0 saturated carbocycles. The van der Waals surface area contributed by atoms with Gasteiger partial charge in [-0.15, -0.1) is 0 Å². The van der Waals surface area contributed by atoms with Crippen LogP contribution in [0.5, 0.6) is 0 Å². The van der Waals surface area contributed by atoms with Gasteiger partial charge < -0.3 is 30.5 Å². The van der Waals surface area contributed by atoms with Crippen LogP contribution in [0.1, 0.15) is 32.3 Å². The Morgan fingerprint density at radius 3 is 2.47 bits per heavy atom. The van der Waals surface area contributed by atoms with Crippen molar-refractivity contribution < 1.29 is 14.3 Å². The van der Waals surface area contributed by atoms with E-state index < -0.39 is 0 Å². The number of aromatic nitrogens is 1. The Morgan fingerprint density at radius 1 is 1.16 bits per heavy atom. The van der Waals surface area contributed by atoms with Gasteiger partial charge in [-0.2, -0.15) is 0 Å². The van der Waals surface area contributed by atoms with Crippen LogP contribution < -0.4 is 16.0 Å². The lowest BCUT2D eigenvalue weighted by Crippen LogP contribution is -2.53. The normalized spacial score (nSPS) is 17.9. The van der Waals surface area contributed by atoms with Gasteiger partial charge in [-0.25, -0.2) is 14.8 Å². The third kappa shape index (κ3) is 6.02. The lowest BCUT2D eigenvalue weighted by molar-refractivity contribution is -0.122. The fourth-order valence-electron chi connectivity index (χ4n) is 4.12. The first-order valence-electron chi connectivity index (χ1n) is 11.5. The number of pyridine rings is 1. The Morgan fingerprint density at radius 2 is 1.84 bits per heavy atom. The van der Waals surface area contributed by atoms with E-state index in [0.717, 1.165) is 49.8 Å². The molecule has 0 aromatic carbocycles. The molecular weight excluding hydrogens is 410 g/mol. The number of amides is 2. The second-order valence-electron chi connectivity index (χ2n) is 7.99. The molecule has 0 unspecified atom stereocenters. The van der Waals surface area contributed by atoms with E-state index in [1.807, 2.05) is 26.0 Å². The predicted octanol–water partition coefficient (Wildman–Crippen LogP) is 1.02. The highest BCUT2D eigenvalue weighted by Gasteiger charge is 2.26. The SMILES string of the molecule is CCNC(=NCc1cccnc1N1CCC(C(N)=O)CC1)N1CCN(C(=O)OCC)CC1. The number of carbonyl (C=O) groups is 2. The van der Waals surface area contributed by atoms with Crippen LogP contribution in [0.2, 0.25) is 0 Å². The van der Waals surface area contributed by atoms with E-state index >= 15 is 0 Å². The predicted molar refractivity (Wildman–Crippen MR) is 123 cm³/mol. The molecule has 176 valence electrons. The van der Waals surface area contributed by atoms with Crippen molar-refractivity contribution in [2.75, 3.05) is 57.3 Å². The van der Waals surface area contributed by atoms with Gasteiger partial charge in [0.1, 0.15) is 5.82 Å². The first-order valence-corrected chi connectivity index (χ1v) is 11.5. The van der Waals surface area contributed by atoms with Crippen LogP contribution in [0.3, 0.4) is 0 Å². The minimum atomic E-state index is -0.255. The number of hydrogen-bond donors (Lipinski definition) is 2. The van der Waals surface area contributed by atoms with Gasteiger partial charge in [-0.1, -0.05) is 6.07 Å². The molecule has 10 nitrogen and oxygen atoms in total. The second-order valence-corrected chi connectivity index (χ2v) is 7.99. The summed E-state index contributed by atoms with van der Waals surface area (Å²) in [5.74, 6) is 1.49. The Balaban J connectivity index is 1.65. The third-order valence-electron chi connectivity index (χ3n) is 5.90. The van der Waals surface area contributed by atoms with E-state index in [9.17, 15) is 9.59 Å². The van der Waals surface area contributed by atoms with Gasteiger partial charge in [-0.3, -0.25) is 4.79 Å². The summed E-state index contributed by atoms with van der Waals surface area (Å²) in [7, 11) is 0. The average molecular weight is 446 g/mol. The van der Waals surface area contributed by atoms with E-state index in [4.69, 9.17) is 15.5 Å². The van der Waals surface area contributed by atoms with Gasteiger partial charge in [0.2, 0.25) is 5.91 Å². The number of carbonyl (C=O) groups excluding carboxylic acids is 2. The van der Waals surface area contributed by atoms with Crippen molar-refractivity contribution in [2.24, 2.45) is 16.6 Å². The molecule has 3 rings (SSSR count). The van der Waals surface area contributed by atoms with Crippen LogP contribution in [0.25, 0.3) is 0 Å². The number of piperazine rings is 1. The van der Waals surface area contributed by atoms with Crippen molar-refractivity contribution in [3.05, 3.63) is 23.9 Å². The van der Waals surface area contributed by atoms with E-state index in [0.29, 0.717) is 39.3 Å². The van der Waals surface area contributed by atoms with Gasteiger partial charge in [-0.05, 0) is 32.8 Å². The summed E-state index contributed by atoms with van der Waals surface area (Å²) in [4.78, 5) is 39.0. The summed E-state index contributed by atoms with van der Waals surface area (Å²) >= 11 is 0. The summed E-state index contributed by atoms with van der Waals surface area (Å²) in [5.41, 5.74) is 6.52. The highest BCUT2D eigenvalue weighted by atomic mass is 16.6. The van der Waals surface area contributed by atoms with Crippen molar-refractivity contribution >= 4 is 23.8 Å². The molecule has 2 saturated heterocycles. The Hall–Kier alpha value is -3.04. The molecule has 0 atom stereocenters. The largest absolute Gasteiger partial charge is 0.450 e. The molecule has 2 fully saturated rings. The molecule has 1 aromatic rings. The van der Waals surface area contributed by atoms with Crippen LogP contribution in [0.4, 0.5) is 10.6 Å². The molecular formula is C22H35N7O3. The van der Waals surface area contributed by atoms with Crippen LogP contribution >= 0.6 is 0 Å². The number of primary amides is 1. The monoisotopic (exact) mass is 445 g/mol. The van der Waals surface area contributed by atoms with Crippen LogP contribution in [-0.4, -0.2) is 85.2 Å². The smallest absolute Gasteiger partial charge is 0.409 e. The molecule has 32 heavy (non-hydrogen) atoms. The van der Waals surface area contributed by atoms with Crippen molar-refractivity contribution in [1.82, 2.24) is 20.1 Å². The quantitative estimate of drug-likeness (QED) is 0.496. The summed E-state index contributed by atoms with van der Waals surface area (Å²) in [5, 5.41) is 3.36.